The highest BCUT2D eigenvalue weighted by Gasteiger charge is 2.07. The molecule has 0 N–H and O–H groups in total. The summed E-state index contributed by atoms with van der Waals surface area (Å²) < 4.78 is 11.1. The van der Waals surface area contributed by atoms with Crippen LogP contribution in [0.3, 0.4) is 0 Å². The number of rotatable bonds is 5. The van der Waals surface area contributed by atoms with Gasteiger partial charge >= 0.3 is 0 Å². The molecule has 1 rings (SSSR count). The summed E-state index contributed by atoms with van der Waals surface area (Å²) in [5, 5.41) is 0. The lowest BCUT2D eigenvalue weighted by atomic mass is 10.3. The molecule has 0 spiro atoms. The van der Waals surface area contributed by atoms with Crippen molar-refractivity contribution < 1.29 is 9.05 Å². The highest BCUT2D eigenvalue weighted by Crippen LogP contribution is 2.38. The van der Waals surface area contributed by atoms with E-state index in [1.54, 1.807) is 0 Å². The zero-order chi connectivity index (χ0) is 9.52. The minimum atomic E-state index is -0.735. The molecular formula is C10H15O2P. The third-order valence-corrected chi connectivity index (χ3v) is 2.96. The number of benzene rings is 1. The van der Waals surface area contributed by atoms with Crippen LogP contribution in [0.1, 0.15) is 13.8 Å². The Balaban J connectivity index is 2.46. The van der Waals surface area contributed by atoms with Gasteiger partial charge in [-0.25, -0.2) is 0 Å². The Labute approximate surface area is 80.8 Å². The SMILES string of the molecule is CCOP(CC)Oc1ccccc1. The van der Waals surface area contributed by atoms with Crippen molar-refractivity contribution in [3.63, 3.8) is 0 Å². The summed E-state index contributed by atoms with van der Waals surface area (Å²) in [6.45, 7) is 4.77. The molecule has 0 fully saturated rings. The van der Waals surface area contributed by atoms with Crippen LogP contribution in [-0.2, 0) is 4.52 Å². The van der Waals surface area contributed by atoms with Crippen LogP contribution in [0.5, 0.6) is 5.75 Å². The molecule has 1 unspecified atom stereocenters. The van der Waals surface area contributed by atoms with Crippen molar-refractivity contribution in [2.75, 3.05) is 12.8 Å². The molecule has 0 aromatic heterocycles. The maximum absolute atomic E-state index is 5.65. The quantitative estimate of drug-likeness (QED) is 0.675. The normalized spacial score (nSPS) is 12.5. The second-order valence-corrected chi connectivity index (χ2v) is 4.21. The molecule has 0 saturated heterocycles. The Kier molecular flexibility index (Phi) is 4.81. The van der Waals surface area contributed by atoms with Crippen LogP contribution >= 0.6 is 8.38 Å². The summed E-state index contributed by atoms with van der Waals surface area (Å²) in [4.78, 5) is 0. The van der Waals surface area contributed by atoms with Crippen molar-refractivity contribution in [3.8, 4) is 5.75 Å². The van der Waals surface area contributed by atoms with E-state index in [4.69, 9.17) is 9.05 Å². The molecule has 0 radical (unpaired) electrons. The standard InChI is InChI=1S/C10H15O2P/c1-3-11-13(4-2)12-10-8-6-5-7-9-10/h5-9H,3-4H2,1-2H3. The van der Waals surface area contributed by atoms with E-state index in [0.717, 1.165) is 11.9 Å². The summed E-state index contributed by atoms with van der Waals surface area (Å²) in [5.74, 6) is 0.893. The van der Waals surface area contributed by atoms with Crippen molar-refractivity contribution in [2.45, 2.75) is 13.8 Å². The minimum Gasteiger partial charge on any atom is -0.447 e. The van der Waals surface area contributed by atoms with Crippen LogP contribution in [-0.4, -0.2) is 12.8 Å². The van der Waals surface area contributed by atoms with Crippen LogP contribution < -0.4 is 4.52 Å². The van der Waals surface area contributed by atoms with Gasteiger partial charge in [-0.15, -0.1) is 0 Å². The van der Waals surface area contributed by atoms with Crippen LogP contribution in [0, 0.1) is 0 Å². The second kappa shape index (κ2) is 5.95. The number of hydrogen-bond acceptors (Lipinski definition) is 2. The Bertz CT molecular complexity index is 226. The Morgan fingerprint density at radius 3 is 2.38 bits per heavy atom. The van der Waals surface area contributed by atoms with Crippen molar-refractivity contribution in [3.05, 3.63) is 30.3 Å². The van der Waals surface area contributed by atoms with E-state index >= 15 is 0 Å². The van der Waals surface area contributed by atoms with Crippen LogP contribution in [0.4, 0.5) is 0 Å². The molecule has 72 valence electrons. The lowest BCUT2D eigenvalue weighted by Crippen LogP contribution is -1.94. The number of hydrogen-bond donors (Lipinski definition) is 0. The highest BCUT2D eigenvalue weighted by molar-refractivity contribution is 7.47. The van der Waals surface area contributed by atoms with Gasteiger partial charge in [0.05, 0.1) is 6.61 Å². The van der Waals surface area contributed by atoms with Gasteiger partial charge in [-0.2, -0.15) is 0 Å². The molecule has 0 saturated carbocycles. The molecule has 13 heavy (non-hydrogen) atoms. The van der Waals surface area contributed by atoms with Gasteiger partial charge in [0, 0.05) is 6.16 Å². The van der Waals surface area contributed by atoms with Gasteiger partial charge in [-0.05, 0) is 19.1 Å². The maximum Gasteiger partial charge on any atom is 0.229 e. The molecule has 0 amide bonds. The summed E-state index contributed by atoms with van der Waals surface area (Å²) in [7, 11) is -0.735. The molecule has 0 aliphatic heterocycles. The van der Waals surface area contributed by atoms with Gasteiger partial charge in [0.1, 0.15) is 5.75 Å². The average molecular weight is 198 g/mol. The van der Waals surface area contributed by atoms with E-state index in [1.165, 1.54) is 0 Å². The van der Waals surface area contributed by atoms with Crippen LogP contribution in [0.15, 0.2) is 30.3 Å². The second-order valence-electron chi connectivity index (χ2n) is 2.47. The monoisotopic (exact) mass is 198 g/mol. The first-order valence-electron chi connectivity index (χ1n) is 4.50. The fourth-order valence-electron chi connectivity index (χ4n) is 0.925. The molecular weight excluding hydrogens is 183 g/mol. The summed E-state index contributed by atoms with van der Waals surface area (Å²) >= 11 is 0. The highest BCUT2D eigenvalue weighted by atomic mass is 31.2. The third kappa shape index (κ3) is 3.75. The molecule has 1 aromatic carbocycles. The average Bonchev–Trinajstić information content (AvgIpc) is 2.19. The maximum atomic E-state index is 5.65. The molecule has 1 aromatic rings. The number of para-hydroxylation sites is 1. The molecule has 0 aliphatic rings. The van der Waals surface area contributed by atoms with Gasteiger partial charge in [-0.3, -0.25) is 0 Å². The molecule has 1 atom stereocenters. The van der Waals surface area contributed by atoms with Gasteiger partial charge in [0.2, 0.25) is 8.38 Å². The first kappa shape index (κ1) is 10.5. The van der Waals surface area contributed by atoms with Gasteiger partial charge < -0.3 is 9.05 Å². The summed E-state index contributed by atoms with van der Waals surface area (Å²) in [6, 6.07) is 9.80. The van der Waals surface area contributed by atoms with Crippen molar-refractivity contribution >= 4 is 8.38 Å². The fourth-order valence-corrected chi connectivity index (χ4v) is 1.93. The van der Waals surface area contributed by atoms with Gasteiger partial charge in [0.25, 0.3) is 0 Å². The summed E-state index contributed by atoms with van der Waals surface area (Å²) in [6.07, 6.45) is 0.929. The smallest absolute Gasteiger partial charge is 0.229 e. The Hall–Kier alpha value is -0.590. The van der Waals surface area contributed by atoms with Crippen LogP contribution in [0.25, 0.3) is 0 Å². The molecule has 0 bridgehead atoms. The fraction of sp³-hybridized carbons (Fsp3) is 0.400. The van der Waals surface area contributed by atoms with Crippen molar-refractivity contribution in [2.24, 2.45) is 0 Å². The van der Waals surface area contributed by atoms with Gasteiger partial charge in [0.15, 0.2) is 0 Å². The molecule has 0 heterocycles. The van der Waals surface area contributed by atoms with Crippen molar-refractivity contribution in [1.29, 1.82) is 0 Å². The lowest BCUT2D eigenvalue weighted by molar-refractivity contribution is 0.334. The molecule has 2 nitrogen and oxygen atoms in total. The first-order chi connectivity index (χ1) is 6.36. The zero-order valence-corrected chi connectivity index (χ0v) is 8.96. The van der Waals surface area contributed by atoms with E-state index in [9.17, 15) is 0 Å². The van der Waals surface area contributed by atoms with E-state index < -0.39 is 8.38 Å². The lowest BCUT2D eigenvalue weighted by Gasteiger charge is -2.15. The van der Waals surface area contributed by atoms with E-state index in [1.807, 2.05) is 37.3 Å². The van der Waals surface area contributed by atoms with Gasteiger partial charge in [-0.1, -0.05) is 25.1 Å². The van der Waals surface area contributed by atoms with E-state index in [-0.39, 0.29) is 0 Å². The Morgan fingerprint density at radius 1 is 1.15 bits per heavy atom. The molecule has 3 heteroatoms. The van der Waals surface area contributed by atoms with Crippen LogP contribution in [0.2, 0.25) is 0 Å². The topological polar surface area (TPSA) is 18.5 Å². The van der Waals surface area contributed by atoms with Crippen molar-refractivity contribution in [1.82, 2.24) is 0 Å². The third-order valence-electron chi connectivity index (χ3n) is 1.48. The van der Waals surface area contributed by atoms with E-state index in [2.05, 4.69) is 6.92 Å². The van der Waals surface area contributed by atoms with E-state index in [0.29, 0.717) is 6.61 Å². The predicted octanol–water partition coefficient (Wildman–Crippen LogP) is 3.43. The largest absolute Gasteiger partial charge is 0.447 e. The molecule has 0 aliphatic carbocycles. The predicted molar refractivity (Wildman–Crippen MR) is 56.2 cm³/mol. The zero-order valence-electron chi connectivity index (χ0n) is 8.06. The summed E-state index contributed by atoms with van der Waals surface area (Å²) in [5.41, 5.74) is 0. The minimum absolute atomic E-state index is 0.715. The Morgan fingerprint density at radius 2 is 1.85 bits per heavy atom. The first-order valence-corrected chi connectivity index (χ1v) is 5.86.